The predicted molar refractivity (Wildman–Crippen MR) is 336 cm³/mol. The number of nitrogens with one attached hydrogen (secondary N) is 9. The van der Waals surface area contributed by atoms with Crippen molar-refractivity contribution in [1.82, 2.24) is 67.5 Å². The Bertz CT molecular complexity index is 3640. The fraction of sp³-hybridized carbons (Fsp3) is 0.424. The van der Waals surface area contributed by atoms with Gasteiger partial charge in [-0.3, -0.25) is 62.3 Å². The zero-order chi connectivity index (χ0) is 65.3. The first-order valence-electron chi connectivity index (χ1n) is 28.6. The van der Waals surface area contributed by atoms with Crippen molar-refractivity contribution < 1.29 is 57.8 Å². The van der Waals surface area contributed by atoms with Crippen molar-refractivity contribution in [2.24, 2.45) is 16.1 Å². The molecule has 3 aliphatic rings. The number of aliphatic imine (C=N–C) groups is 1. The lowest BCUT2D eigenvalue weighted by Crippen LogP contribution is -2.59. The van der Waals surface area contributed by atoms with Crippen LogP contribution in [0.2, 0.25) is 5.02 Å². The third-order valence-electron chi connectivity index (χ3n) is 15.0. The molecule has 11 amide bonds. The first kappa shape index (κ1) is 67.4. The number of thiophene rings is 2. The number of rotatable bonds is 14. The highest BCUT2D eigenvalue weighted by Gasteiger charge is 2.46. The SMILES string of the molecule is Cc1ccsc1-c1ccc([C@H]2NC(=O)[C@@H]3C[C@@H](O)CN3C(=O)[C@H](C(C)(C)C)NC(=O)CSC[C@H](C(=O)NCC(=O)NCC(=O)NCC(N)=O)NC(=O)[C@@H](CNC(=O)C[C@@H]3N=C(c4ccc(Cl)cc4)c4c(sc(C)c4C)-n4c(C)nnc43)NC(=O)CNC2=O)cc1. The van der Waals surface area contributed by atoms with Gasteiger partial charge in [0.1, 0.15) is 47.1 Å². The van der Waals surface area contributed by atoms with Crippen LogP contribution in [0.1, 0.15) is 90.0 Å². The van der Waals surface area contributed by atoms with Gasteiger partial charge < -0.3 is 63.6 Å². The van der Waals surface area contributed by atoms with Crippen LogP contribution in [0.3, 0.4) is 0 Å². The molecule has 0 aliphatic carbocycles. The number of aromatic nitrogens is 3. The summed E-state index contributed by atoms with van der Waals surface area (Å²) in [5.74, 6) is -9.23. The monoisotopic (exact) mass is 1310 g/mol. The summed E-state index contributed by atoms with van der Waals surface area (Å²) in [6, 6.07) is 7.37. The summed E-state index contributed by atoms with van der Waals surface area (Å²) >= 11 is 10.2. The summed E-state index contributed by atoms with van der Waals surface area (Å²) in [7, 11) is 0. The number of aliphatic hydroxyl groups excluding tert-OH is 1. The average molecular weight is 1310 g/mol. The number of primary amides is 1. The van der Waals surface area contributed by atoms with Crippen molar-refractivity contribution in [2.75, 3.05) is 50.8 Å². The number of nitrogens with zero attached hydrogens (tertiary/aromatic N) is 5. The summed E-state index contributed by atoms with van der Waals surface area (Å²) in [6.45, 7) is 9.13. The zero-order valence-corrected chi connectivity index (χ0v) is 53.4. The molecule has 5 aromatic rings. The maximum absolute atomic E-state index is 14.7. The number of thioether (sulfide) groups is 1. The molecule has 3 aliphatic heterocycles. The third-order valence-corrected chi connectivity index (χ3v) is 18.5. The van der Waals surface area contributed by atoms with Gasteiger partial charge in [-0.25, -0.2) is 0 Å². The maximum Gasteiger partial charge on any atom is 0.247 e. The van der Waals surface area contributed by atoms with E-state index < -0.39 is 151 Å². The molecule has 0 bridgehead atoms. The summed E-state index contributed by atoms with van der Waals surface area (Å²) < 4.78 is 1.84. The van der Waals surface area contributed by atoms with Crippen molar-refractivity contribution in [2.45, 2.75) is 104 Å². The minimum absolute atomic E-state index is 0.225. The van der Waals surface area contributed by atoms with Crippen LogP contribution in [0.4, 0.5) is 0 Å². The Hall–Kier alpha value is -8.58. The van der Waals surface area contributed by atoms with Crippen LogP contribution in [0.5, 0.6) is 0 Å². The third kappa shape index (κ3) is 16.6. The fourth-order valence-electron chi connectivity index (χ4n) is 10.2. The van der Waals surface area contributed by atoms with Gasteiger partial charge in [0.05, 0.1) is 50.2 Å². The molecule has 2 fully saturated rings. The topological polar surface area (TPSA) is 389 Å². The van der Waals surface area contributed by atoms with E-state index in [-0.39, 0.29) is 30.7 Å². The van der Waals surface area contributed by atoms with Gasteiger partial charge >= 0.3 is 0 Å². The zero-order valence-electron chi connectivity index (χ0n) is 50.2. The van der Waals surface area contributed by atoms with E-state index in [2.05, 4.69) is 58.0 Å². The van der Waals surface area contributed by atoms with E-state index in [0.29, 0.717) is 27.9 Å². The molecule has 7 atom stereocenters. The van der Waals surface area contributed by atoms with Gasteiger partial charge in [-0.15, -0.1) is 44.6 Å². The molecule has 2 saturated heterocycles. The summed E-state index contributed by atoms with van der Waals surface area (Å²) in [5, 5.41) is 45.7. The second-order valence-corrected chi connectivity index (χ2v) is 26.4. The Kier molecular flexibility index (Phi) is 22.0. The van der Waals surface area contributed by atoms with Gasteiger partial charge in [0, 0.05) is 51.2 Å². The van der Waals surface area contributed by atoms with Gasteiger partial charge in [-0.1, -0.05) is 68.8 Å². The maximum atomic E-state index is 14.7. The molecular formula is C59H70ClN15O12S3. The van der Waals surface area contributed by atoms with Crippen LogP contribution in [0, 0.1) is 33.1 Å². The molecule has 2 aromatic carbocycles. The summed E-state index contributed by atoms with van der Waals surface area (Å²) in [4.78, 5) is 159. The first-order chi connectivity index (χ1) is 42.7. The van der Waals surface area contributed by atoms with Crippen molar-refractivity contribution >= 4 is 117 Å². The lowest BCUT2D eigenvalue weighted by Gasteiger charge is -2.35. The molecule has 31 heteroatoms. The molecule has 8 rings (SSSR count). The lowest BCUT2D eigenvalue weighted by molar-refractivity contribution is -0.144. The van der Waals surface area contributed by atoms with Gasteiger partial charge in [-0.05, 0) is 78.9 Å². The Morgan fingerprint density at radius 1 is 0.778 bits per heavy atom. The van der Waals surface area contributed by atoms with Gasteiger partial charge in [0.25, 0.3) is 0 Å². The Morgan fingerprint density at radius 2 is 1.46 bits per heavy atom. The molecule has 27 nitrogen and oxygen atoms in total. The molecule has 0 unspecified atom stereocenters. The van der Waals surface area contributed by atoms with Crippen molar-refractivity contribution in [3.63, 3.8) is 0 Å². The van der Waals surface area contributed by atoms with Crippen LogP contribution in [0.15, 0.2) is 65.0 Å². The summed E-state index contributed by atoms with van der Waals surface area (Å²) in [5.41, 5.74) is 9.19. The number of hydrogen-bond acceptors (Lipinski definition) is 18. The van der Waals surface area contributed by atoms with Crippen LogP contribution in [0.25, 0.3) is 15.4 Å². The number of halogens is 1. The minimum Gasteiger partial charge on any atom is -0.391 e. The molecule has 90 heavy (non-hydrogen) atoms. The van der Waals surface area contributed by atoms with Crippen LogP contribution < -0.4 is 53.6 Å². The number of carbonyl (C=O) groups is 11. The Labute approximate surface area is 534 Å². The summed E-state index contributed by atoms with van der Waals surface area (Å²) in [6.07, 6.45) is -1.76. The van der Waals surface area contributed by atoms with E-state index in [9.17, 15) is 57.8 Å². The fourth-order valence-corrected chi connectivity index (χ4v) is 13.3. The van der Waals surface area contributed by atoms with E-state index in [1.165, 1.54) is 22.7 Å². The van der Waals surface area contributed by atoms with E-state index >= 15 is 0 Å². The van der Waals surface area contributed by atoms with Crippen LogP contribution >= 0.6 is 46.0 Å². The second-order valence-electron chi connectivity index (χ2n) is 22.8. The Morgan fingerprint density at radius 3 is 2.12 bits per heavy atom. The quantitative estimate of drug-likeness (QED) is 0.0715. The average Bonchev–Trinajstić information content (AvgIpc) is 1.60. The molecular weight excluding hydrogens is 1240 g/mol. The highest BCUT2D eigenvalue weighted by Crippen LogP contribution is 2.40. The number of benzene rings is 2. The molecule has 6 heterocycles. The number of amides is 11. The number of carbonyl (C=O) groups excluding carboxylic acids is 11. The number of nitrogens with two attached hydrogens (primary N) is 1. The molecule has 0 spiro atoms. The van der Waals surface area contributed by atoms with Crippen molar-refractivity contribution in [1.29, 1.82) is 0 Å². The molecule has 0 saturated carbocycles. The second kappa shape index (κ2) is 29.4. The number of aliphatic hydroxyl groups is 1. The van der Waals surface area contributed by atoms with Gasteiger partial charge in [-0.2, -0.15) is 0 Å². The van der Waals surface area contributed by atoms with E-state index in [4.69, 9.17) is 22.3 Å². The highest BCUT2D eigenvalue weighted by molar-refractivity contribution is 8.00. The molecule has 478 valence electrons. The van der Waals surface area contributed by atoms with Crippen LogP contribution in [-0.2, 0) is 52.7 Å². The number of fused-ring (bicyclic) bond motifs is 4. The standard InChI is InChI=1S/C59H70ClN15O12S3/c1-28-16-17-89-50(28)34-10-8-33(9-11-34)49-56(86)66-24-45(81)67-38(20-62-42(78)19-37-52-73-72-31(4)75(52)58-47(29(2)30(3)90-58)48(68-37)32-12-14-35(60)15-13-32)54(84)69-39(53(83)65-23-44(80)64-22-43(79)63-21-41(61)77)26-88-27-46(82)70-51(59(5,6)7)57(87)74-25-36(76)18-40(74)55(85)71-49/h8-17,36-40,49,51,76H,18-27H2,1-7H3,(H2,61,77)(H,62,78)(H,63,79)(H,64,80)(H,65,83)(H,66,86)(H,67,81)(H,69,84)(H,70,82)(H,71,85)/t36-,37+,38-,39-,40+,49-,51-/m1/s1. The lowest BCUT2D eigenvalue weighted by atomic mass is 9.85. The molecule has 3 aromatic heterocycles. The minimum atomic E-state index is -1.72. The largest absolute Gasteiger partial charge is 0.391 e. The van der Waals surface area contributed by atoms with Crippen molar-refractivity contribution in [3.8, 4) is 15.4 Å². The smallest absolute Gasteiger partial charge is 0.247 e. The van der Waals surface area contributed by atoms with Crippen LogP contribution in [-0.4, -0.2) is 177 Å². The number of aryl methyl sites for hydroxylation is 3. The number of hydrogen-bond donors (Lipinski definition) is 11. The van der Waals surface area contributed by atoms with Crippen molar-refractivity contribution in [3.05, 3.63) is 109 Å². The predicted octanol–water partition coefficient (Wildman–Crippen LogP) is 0.359. The molecule has 12 N–H and O–H groups in total. The normalized spacial score (nSPS) is 21.2. The first-order valence-corrected chi connectivity index (χ1v) is 31.8. The molecule has 0 radical (unpaired) electrons. The van der Waals surface area contributed by atoms with E-state index in [0.717, 1.165) is 53.7 Å². The van der Waals surface area contributed by atoms with E-state index in [1.807, 2.05) is 48.9 Å². The van der Waals surface area contributed by atoms with Gasteiger partial charge in [0.2, 0.25) is 65.0 Å². The highest BCUT2D eigenvalue weighted by atomic mass is 35.5. The van der Waals surface area contributed by atoms with E-state index in [1.54, 1.807) is 64.1 Å². The van der Waals surface area contributed by atoms with Gasteiger partial charge in [0.15, 0.2) is 5.82 Å². The Balaban J connectivity index is 1.10.